The molecule has 0 aromatic heterocycles. The van der Waals surface area contributed by atoms with E-state index >= 15 is 0 Å². The van der Waals surface area contributed by atoms with E-state index in [1.807, 2.05) is 6.92 Å². The molecule has 0 bridgehead atoms. The minimum atomic E-state index is -4.63. The fourth-order valence-corrected chi connectivity index (χ4v) is 2.39. The Kier molecular flexibility index (Phi) is 6.26. The molecule has 0 unspecified atom stereocenters. The average molecular weight is 385 g/mol. The molecule has 2 aromatic rings. The van der Waals surface area contributed by atoms with Gasteiger partial charge in [-0.2, -0.15) is 13.2 Å². The van der Waals surface area contributed by atoms with Crippen LogP contribution in [0, 0.1) is 0 Å². The lowest BCUT2D eigenvalue weighted by Gasteiger charge is -2.12. The Labute approximate surface area is 153 Å². The zero-order valence-electron chi connectivity index (χ0n) is 13.8. The molecule has 138 valence electrons. The molecule has 0 aliphatic heterocycles. The predicted octanol–water partition coefficient (Wildman–Crippen LogP) is 4.75. The normalized spacial score (nSPS) is 11.1. The highest BCUT2D eigenvalue weighted by atomic mass is 35.5. The van der Waals surface area contributed by atoms with Crippen LogP contribution in [0.4, 0.5) is 18.9 Å². The first-order valence-corrected chi connectivity index (χ1v) is 8.16. The first-order chi connectivity index (χ1) is 12.2. The van der Waals surface area contributed by atoms with Gasteiger partial charge < -0.3 is 10.6 Å². The second-order valence-electron chi connectivity index (χ2n) is 5.48. The molecule has 2 N–H and O–H groups in total. The lowest BCUT2D eigenvalue weighted by atomic mass is 10.1. The minimum Gasteiger partial charge on any atom is -0.352 e. The van der Waals surface area contributed by atoms with E-state index in [0.29, 0.717) is 6.54 Å². The van der Waals surface area contributed by atoms with Crippen LogP contribution < -0.4 is 10.6 Å². The van der Waals surface area contributed by atoms with E-state index in [4.69, 9.17) is 11.6 Å². The summed E-state index contributed by atoms with van der Waals surface area (Å²) >= 11 is 5.55. The third-order valence-corrected chi connectivity index (χ3v) is 3.78. The number of benzene rings is 2. The van der Waals surface area contributed by atoms with Gasteiger partial charge in [0.15, 0.2) is 0 Å². The number of carbonyl (C=O) groups excluding carboxylic acids is 2. The first-order valence-electron chi connectivity index (χ1n) is 7.78. The second-order valence-corrected chi connectivity index (χ2v) is 5.89. The predicted molar refractivity (Wildman–Crippen MR) is 93.5 cm³/mol. The summed E-state index contributed by atoms with van der Waals surface area (Å²) in [4.78, 5) is 24.2. The van der Waals surface area contributed by atoms with Crippen molar-refractivity contribution in [2.75, 3.05) is 11.9 Å². The molecule has 2 rings (SSSR count). The molecule has 0 atom stereocenters. The molecule has 2 amide bonds. The maximum absolute atomic E-state index is 12.9. The quantitative estimate of drug-likeness (QED) is 0.781. The monoisotopic (exact) mass is 384 g/mol. The van der Waals surface area contributed by atoms with Gasteiger partial charge in [0.1, 0.15) is 0 Å². The van der Waals surface area contributed by atoms with Crippen molar-refractivity contribution in [2.45, 2.75) is 19.5 Å². The third-order valence-electron chi connectivity index (χ3n) is 3.45. The van der Waals surface area contributed by atoms with Gasteiger partial charge in [-0.1, -0.05) is 24.6 Å². The maximum Gasteiger partial charge on any atom is 0.417 e. The molecule has 0 radical (unpaired) electrons. The summed E-state index contributed by atoms with van der Waals surface area (Å²) in [6.45, 7) is 2.41. The molecule has 0 heterocycles. The molecule has 0 aliphatic rings. The summed E-state index contributed by atoms with van der Waals surface area (Å²) in [6, 6.07) is 9.01. The van der Waals surface area contributed by atoms with E-state index < -0.39 is 22.7 Å². The van der Waals surface area contributed by atoms with Gasteiger partial charge >= 0.3 is 6.18 Å². The van der Waals surface area contributed by atoms with Gasteiger partial charge in [0.2, 0.25) is 0 Å². The average Bonchev–Trinajstić information content (AvgIpc) is 2.60. The van der Waals surface area contributed by atoms with Crippen LogP contribution in [0.25, 0.3) is 0 Å². The molecule has 2 aromatic carbocycles. The molecule has 0 fully saturated rings. The van der Waals surface area contributed by atoms with Gasteiger partial charge in [0.25, 0.3) is 11.8 Å². The SMILES string of the molecule is CCCNC(=O)c1cccc(C(=O)Nc2ccc(Cl)c(C(F)(F)F)c2)c1. The summed E-state index contributed by atoms with van der Waals surface area (Å²) in [5, 5.41) is 4.61. The van der Waals surface area contributed by atoms with Gasteiger partial charge in [-0.3, -0.25) is 9.59 Å². The van der Waals surface area contributed by atoms with Crippen LogP contribution in [0.15, 0.2) is 42.5 Å². The largest absolute Gasteiger partial charge is 0.417 e. The Morgan fingerprint density at radius 3 is 2.31 bits per heavy atom. The summed E-state index contributed by atoms with van der Waals surface area (Å²) in [6.07, 6.45) is -3.86. The summed E-state index contributed by atoms with van der Waals surface area (Å²) in [5.41, 5.74) is -0.645. The minimum absolute atomic E-state index is 0.0486. The maximum atomic E-state index is 12.9. The molecule has 0 saturated heterocycles. The third kappa shape index (κ3) is 4.98. The van der Waals surface area contributed by atoms with E-state index in [1.165, 1.54) is 24.3 Å². The molecular formula is C18H16ClF3N2O2. The van der Waals surface area contributed by atoms with Gasteiger partial charge in [0.05, 0.1) is 10.6 Å². The van der Waals surface area contributed by atoms with Crippen LogP contribution in [-0.4, -0.2) is 18.4 Å². The van der Waals surface area contributed by atoms with Crippen molar-refractivity contribution in [2.24, 2.45) is 0 Å². The molecule has 0 aliphatic carbocycles. The van der Waals surface area contributed by atoms with E-state index in [-0.39, 0.29) is 22.7 Å². The van der Waals surface area contributed by atoms with Crippen molar-refractivity contribution in [3.63, 3.8) is 0 Å². The number of anilines is 1. The van der Waals surface area contributed by atoms with E-state index in [1.54, 1.807) is 6.07 Å². The number of hydrogen-bond acceptors (Lipinski definition) is 2. The molecular weight excluding hydrogens is 369 g/mol. The Balaban J connectivity index is 2.19. The van der Waals surface area contributed by atoms with Crippen molar-refractivity contribution in [3.8, 4) is 0 Å². The summed E-state index contributed by atoms with van der Waals surface area (Å²) in [7, 11) is 0. The molecule has 8 heteroatoms. The van der Waals surface area contributed by atoms with Crippen LogP contribution in [0.3, 0.4) is 0 Å². The number of alkyl halides is 3. The Morgan fingerprint density at radius 1 is 1.04 bits per heavy atom. The van der Waals surface area contributed by atoms with Gasteiger partial charge in [-0.25, -0.2) is 0 Å². The van der Waals surface area contributed by atoms with Crippen molar-refractivity contribution >= 4 is 29.1 Å². The number of carbonyl (C=O) groups is 2. The lowest BCUT2D eigenvalue weighted by Crippen LogP contribution is -2.24. The van der Waals surface area contributed by atoms with Crippen molar-refractivity contribution in [1.82, 2.24) is 5.32 Å². The Hall–Kier alpha value is -2.54. The number of nitrogens with one attached hydrogen (secondary N) is 2. The summed E-state index contributed by atoms with van der Waals surface area (Å²) < 4.78 is 38.7. The highest BCUT2D eigenvalue weighted by Crippen LogP contribution is 2.36. The van der Waals surface area contributed by atoms with Crippen LogP contribution >= 0.6 is 11.6 Å². The van der Waals surface area contributed by atoms with E-state index in [9.17, 15) is 22.8 Å². The van der Waals surface area contributed by atoms with Crippen LogP contribution in [0.5, 0.6) is 0 Å². The van der Waals surface area contributed by atoms with E-state index in [2.05, 4.69) is 10.6 Å². The Bertz CT molecular complexity index is 822. The van der Waals surface area contributed by atoms with Gasteiger partial charge in [0, 0.05) is 23.4 Å². The summed E-state index contributed by atoms with van der Waals surface area (Å²) in [5.74, 6) is -0.960. The fraction of sp³-hybridized carbons (Fsp3) is 0.222. The lowest BCUT2D eigenvalue weighted by molar-refractivity contribution is -0.137. The molecule has 0 saturated carbocycles. The zero-order valence-corrected chi connectivity index (χ0v) is 14.5. The van der Waals surface area contributed by atoms with Crippen LogP contribution in [-0.2, 0) is 6.18 Å². The molecule has 26 heavy (non-hydrogen) atoms. The number of hydrogen-bond donors (Lipinski definition) is 2. The van der Waals surface area contributed by atoms with E-state index in [0.717, 1.165) is 18.6 Å². The number of halogens is 4. The standard InChI is InChI=1S/C18H16ClF3N2O2/c1-2-8-23-16(25)11-4-3-5-12(9-11)17(26)24-13-6-7-15(19)14(10-13)18(20,21)22/h3-7,9-10H,2,8H2,1H3,(H,23,25)(H,24,26). The van der Waals surface area contributed by atoms with Crippen LogP contribution in [0.1, 0.15) is 39.6 Å². The fourth-order valence-electron chi connectivity index (χ4n) is 2.17. The van der Waals surface area contributed by atoms with Crippen molar-refractivity contribution in [1.29, 1.82) is 0 Å². The smallest absolute Gasteiger partial charge is 0.352 e. The highest BCUT2D eigenvalue weighted by Gasteiger charge is 2.33. The van der Waals surface area contributed by atoms with Gasteiger partial charge in [-0.15, -0.1) is 0 Å². The van der Waals surface area contributed by atoms with Crippen LogP contribution in [0.2, 0.25) is 5.02 Å². The van der Waals surface area contributed by atoms with Crippen molar-refractivity contribution < 1.29 is 22.8 Å². The number of amides is 2. The van der Waals surface area contributed by atoms with Gasteiger partial charge in [-0.05, 0) is 42.8 Å². The molecule has 0 spiro atoms. The first kappa shape index (κ1) is 19.8. The highest BCUT2D eigenvalue weighted by molar-refractivity contribution is 6.31. The van der Waals surface area contributed by atoms with Crippen molar-refractivity contribution in [3.05, 3.63) is 64.2 Å². The topological polar surface area (TPSA) is 58.2 Å². The zero-order chi connectivity index (χ0) is 19.3. The number of rotatable bonds is 5. The Morgan fingerprint density at radius 2 is 1.69 bits per heavy atom. The second kappa shape index (κ2) is 8.23. The molecule has 4 nitrogen and oxygen atoms in total.